The Balaban J connectivity index is 1.62. The average molecular weight is 445 g/mol. The van der Waals surface area contributed by atoms with Crippen LogP contribution in [0, 0.1) is 11.6 Å². The first-order valence-corrected chi connectivity index (χ1v) is 10.6. The van der Waals surface area contributed by atoms with Crippen LogP contribution in [-0.2, 0) is 0 Å². The van der Waals surface area contributed by atoms with Crippen molar-refractivity contribution in [1.29, 1.82) is 0 Å². The number of urea groups is 1. The minimum absolute atomic E-state index is 0.0766. The Hall–Kier alpha value is -3.11. The zero-order chi connectivity index (χ0) is 22.7. The number of amides is 2. The Kier molecular flexibility index (Phi) is 6.61. The van der Waals surface area contributed by atoms with E-state index in [9.17, 15) is 13.6 Å². The second kappa shape index (κ2) is 9.58. The second-order valence-electron chi connectivity index (χ2n) is 7.85. The molecule has 8 nitrogen and oxygen atoms in total. The van der Waals surface area contributed by atoms with Crippen molar-refractivity contribution >= 4 is 17.4 Å². The van der Waals surface area contributed by atoms with E-state index < -0.39 is 17.7 Å². The zero-order valence-electron chi connectivity index (χ0n) is 17.4. The van der Waals surface area contributed by atoms with Crippen LogP contribution in [0.1, 0.15) is 42.4 Å². The Morgan fingerprint density at radius 1 is 1.16 bits per heavy atom. The minimum atomic E-state index is -0.490. The molecule has 4 rings (SSSR count). The monoisotopic (exact) mass is 445 g/mol. The molecule has 1 aliphatic carbocycles. The van der Waals surface area contributed by atoms with Crippen LogP contribution < -0.4 is 5.32 Å². The highest BCUT2D eigenvalue weighted by molar-refractivity contribution is 5.93. The molecule has 2 amide bonds. The maximum absolute atomic E-state index is 14.4. The van der Waals surface area contributed by atoms with Crippen LogP contribution in [0.3, 0.4) is 0 Å². The van der Waals surface area contributed by atoms with Crippen molar-refractivity contribution < 1.29 is 23.8 Å². The summed E-state index contributed by atoms with van der Waals surface area (Å²) in [4.78, 5) is 18.5. The molecule has 3 aromatic rings. The van der Waals surface area contributed by atoms with Gasteiger partial charge in [0.15, 0.2) is 5.65 Å². The largest absolute Gasteiger partial charge is 0.395 e. The lowest BCUT2D eigenvalue weighted by Gasteiger charge is -2.21. The lowest BCUT2D eigenvalue weighted by atomic mass is 9.86. The van der Waals surface area contributed by atoms with Gasteiger partial charge in [-0.1, -0.05) is 6.42 Å². The SMILES string of the molecule is O=C(Nc1cnn2ccc(C3CCC[C@@H]3c3cc(F)ccc3F)nc12)N(CCO)CCO. The normalized spacial score (nSPS) is 18.2. The van der Waals surface area contributed by atoms with Crippen LogP contribution in [0.4, 0.5) is 19.3 Å². The molecule has 1 saturated carbocycles. The number of nitrogens with zero attached hydrogens (tertiary/aromatic N) is 4. The van der Waals surface area contributed by atoms with E-state index in [2.05, 4.69) is 10.4 Å². The molecule has 0 radical (unpaired) electrons. The molecule has 0 saturated heterocycles. The highest BCUT2D eigenvalue weighted by Crippen LogP contribution is 2.46. The maximum Gasteiger partial charge on any atom is 0.322 e. The van der Waals surface area contributed by atoms with Crippen molar-refractivity contribution in [3.05, 3.63) is 59.6 Å². The van der Waals surface area contributed by atoms with E-state index in [1.807, 2.05) is 6.07 Å². The topological polar surface area (TPSA) is 103 Å². The van der Waals surface area contributed by atoms with Gasteiger partial charge in [0.2, 0.25) is 0 Å². The number of hydrogen-bond donors (Lipinski definition) is 3. The van der Waals surface area contributed by atoms with Gasteiger partial charge in [0.25, 0.3) is 0 Å². The van der Waals surface area contributed by atoms with Gasteiger partial charge in [0.05, 0.1) is 19.4 Å². The molecule has 2 aromatic heterocycles. The maximum atomic E-state index is 14.4. The number of halogens is 2. The van der Waals surface area contributed by atoms with Crippen LogP contribution in [0.5, 0.6) is 0 Å². The quantitative estimate of drug-likeness (QED) is 0.519. The standard InChI is InChI=1S/C22H25F2N5O3/c23-14-4-5-18(24)17(12-14)15-2-1-3-16(15)19-6-7-29-21(26-19)20(13-25-29)27-22(32)28(8-10-30)9-11-31/h4-7,12-13,15-16,30-31H,1-3,8-11H2,(H,27,32)/t15-,16?/m0/s1. The Bertz CT molecular complexity index is 1100. The molecule has 3 N–H and O–H groups in total. The highest BCUT2D eigenvalue weighted by atomic mass is 19.1. The summed E-state index contributed by atoms with van der Waals surface area (Å²) in [6.07, 6.45) is 5.60. The number of aliphatic hydroxyl groups excluding tert-OH is 2. The molecule has 32 heavy (non-hydrogen) atoms. The van der Waals surface area contributed by atoms with Crippen LogP contribution in [0.15, 0.2) is 36.7 Å². The molecule has 170 valence electrons. The number of carbonyl (C=O) groups excluding carboxylic acids is 1. The highest BCUT2D eigenvalue weighted by Gasteiger charge is 2.33. The number of carbonyl (C=O) groups is 1. The fourth-order valence-electron chi connectivity index (χ4n) is 4.41. The molecule has 2 atom stereocenters. The molecule has 1 fully saturated rings. The predicted molar refractivity (Wildman–Crippen MR) is 113 cm³/mol. The van der Waals surface area contributed by atoms with E-state index in [0.717, 1.165) is 37.1 Å². The molecule has 0 bridgehead atoms. The van der Waals surface area contributed by atoms with E-state index in [4.69, 9.17) is 15.2 Å². The summed E-state index contributed by atoms with van der Waals surface area (Å²) in [5.74, 6) is -1.16. The lowest BCUT2D eigenvalue weighted by Crippen LogP contribution is -2.38. The number of nitrogens with one attached hydrogen (secondary N) is 1. The molecule has 0 spiro atoms. The van der Waals surface area contributed by atoms with Gasteiger partial charge in [0, 0.05) is 30.9 Å². The first kappa shape index (κ1) is 22.1. The van der Waals surface area contributed by atoms with Gasteiger partial charge in [-0.15, -0.1) is 0 Å². The van der Waals surface area contributed by atoms with Gasteiger partial charge in [-0.2, -0.15) is 5.10 Å². The van der Waals surface area contributed by atoms with Crippen LogP contribution in [-0.4, -0.2) is 62.0 Å². The predicted octanol–water partition coefficient (Wildman–Crippen LogP) is 2.88. The molecule has 2 heterocycles. The van der Waals surface area contributed by atoms with Crippen LogP contribution >= 0.6 is 0 Å². The first-order valence-electron chi connectivity index (χ1n) is 10.6. The van der Waals surface area contributed by atoms with Gasteiger partial charge in [-0.05, 0) is 48.6 Å². The zero-order valence-corrected chi connectivity index (χ0v) is 17.4. The van der Waals surface area contributed by atoms with Crippen molar-refractivity contribution in [2.24, 2.45) is 0 Å². The molecular formula is C22H25F2N5O3. The van der Waals surface area contributed by atoms with Gasteiger partial charge in [0.1, 0.15) is 17.3 Å². The summed E-state index contributed by atoms with van der Waals surface area (Å²) in [7, 11) is 0. The summed E-state index contributed by atoms with van der Waals surface area (Å²) >= 11 is 0. The van der Waals surface area contributed by atoms with Crippen LogP contribution in [0.25, 0.3) is 5.65 Å². The van der Waals surface area contributed by atoms with Gasteiger partial charge >= 0.3 is 6.03 Å². The van der Waals surface area contributed by atoms with E-state index in [0.29, 0.717) is 16.9 Å². The molecule has 1 aliphatic rings. The number of hydrogen-bond acceptors (Lipinski definition) is 5. The van der Waals surface area contributed by atoms with E-state index in [1.165, 1.54) is 21.7 Å². The minimum Gasteiger partial charge on any atom is -0.395 e. The molecule has 1 aromatic carbocycles. The van der Waals surface area contributed by atoms with Gasteiger partial charge in [-0.25, -0.2) is 23.1 Å². The van der Waals surface area contributed by atoms with Crippen molar-refractivity contribution in [2.75, 3.05) is 31.6 Å². The van der Waals surface area contributed by atoms with Crippen molar-refractivity contribution in [3.63, 3.8) is 0 Å². The Morgan fingerprint density at radius 3 is 2.66 bits per heavy atom. The lowest BCUT2D eigenvalue weighted by molar-refractivity contribution is 0.168. The number of anilines is 1. The Labute approximate surface area is 183 Å². The summed E-state index contributed by atoms with van der Waals surface area (Å²) in [5, 5.41) is 25.2. The fourth-order valence-corrected chi connectivity index (χ4v) is 4.41. The average Bonchev–Trinajstić information content (AvgIpc) is 3.42. The summed E-state index contributed by atoms with van der Waals surface area (Å²) in [6, 6.07) is 4.86. The molecule has 0 aliphatic heterocycles. The Morgan fingerprint density at radius 2 is 1.91 bits per heavy atom. The van der Waals surface area contributed by atoms with E-state index in [1.54, 1.807) is 6.20 Å². The number of benzene rings is 1. The van der Waals surface area contributed by atoms with E-state index >= 15 is 0 Å². The first-order chi connectivity index (χ1) is 15.5. The van der Waals surface area contributed by atoms with E-state index in [-0.39, 0.29) is 38.1 Å². The fraction of sp³-hybridized carbons (Fsp3) is 0.409. The third kappa shape index (κ3) is 4.42. The summed E-state index contributed by atoms with van der Waals surface area (Å²) in [5.41, 5.74) is 1.89. The molecule has 1 unspecified atom stereocenters. The summed E-state index contributed by atoms with van der Waals surface area (Å²) in [6.45, 7) is -0.310. The van der Waals surface area contributed by atoms with Crippen LogP contribution in [0.2, 0.25) is 0 Å². The summed E-state index contributed by atoms with van der Waals surface area (Å²) < 4.78 is 29.7. The molecule has 10 heteroatoms. The van der Waals surface area contributed by atoms with Crippen molar-refractivity contribution in [1.82, 2.24) is 19.5 Å². The van der Waals surface area contributed by atoms with Gasteiger partial charge < -0.3 is 20.4 Å². The van der Waals surface area contributed by atoms with Gasteiger partial charge in [-0.3, -0.25) is 0 Å². The van der Waals surface area contributed by atoms with Crippen molar-refractivity contribution in [2.45, 2.75) is 31.1 Å². The molecular weight excluding hydrogens is 420 g/mol. The smallest absolute Gasteiger partial charge is 0.322 e. The number of rotatable bonds is 7. The third-order valence-electron chi connectivity index (χ3n) is 5.91. The van der Waals surface area contributed by atoms with Crippen molar-refractivity contribution in [3.8, 4) is 0 Å². The third-order valence-corrected chi connectivity index (χ3v) is 5.91. The number of aromatic nitrogens is 3. The number of aliphatic hydroxyl groups is 2. The second-order valence-corrected chi connectivity index (χ2v) is 7.85. The number of fused-ring (bicyclic) bond motifs is 1.